The maximum Gasteiger partial charge on any atom is 0.356 e. The van der Waals surface area contributed by atoms with Crippen molar-refractivity contribution in [2.24, 2.45) is 0 Å². The molecule has 1 atom stereocenters. The normalized spacial score (nSPS) is 12.2. The SMILES string of the molecule is COP(=O)(OC)C(NC(=O)c1cc([N+](=O)[O-])cc([N+](=O)[O-])c1)c1ccccc1. The minimum Gasteiger partial charge on any atom is -0.334 e. The molecule has 0 fully saturated rings. The minimum absolute atomic E-state index is 0.347. The number of nitrogens with zero attached hydrogens (tertiary/aromatic N) is 2. The number of non-ortho nitro benzene ring substituents is 2. The van der Waals surface area contributed by atoms with E-state index in [1.54, 1.807) is 30.3 Å². The van der Waals surface area contributed by atoms with Gasteiger partial charge in [-0.1, -0.05) is 30.3 Å². The molecule has 0 bridgehead atoms. The molecular weight excluding hydrogens is 393 g/mol. The van der Waals surface area contributed by atoms with Crippen LogP contribution in [0.5, 0.6) is 0 Å². The summed E-state index contributed by atoms with van der Waals surface area (Å²) in [4.78, 5) is 33.0. The van der Waals surface area contributed by atoms with Gasteiger partial charge < -0.3 is 14.4 Å². The van der Waals surface area contributed by atoms with Crippen LogP contribution in [0.1, 0.15) is 21.7 Å². The van der Waals surface area contributed by atoms with Crippen LogP contribution >= 0.6 is 7.60 Å². The molecule has 1 unspecified atom stereocenters. The van der Waals surface area contributed by atoms with Gasteiger partial charge in [0, 0.05) is 26.4 Å². The second-order valence-electron chi connectivity index (χ2n) is 5.44. The number of carbonyl (C=O) groups excluding carboxylic acids is 1. The number of nitro groups is 2. The summed E-state index contributed by atoms with van der Waals surface area (Å²) >= 11 is 0. The Bertz CT molecular complexity index is 910. The van der Waals surface area contributed by atoms with E-state index in [-0.39, 0.29) is 5.56 Å². The molecule has 0 saturated heterocycles. The number of hydrogen-bond acceptors (Lipinski definition) is 8. The highest BCUT2D eigenvalue weighted by Gasteiger charge is 2.37. The van der Waals surface area contributed by atoms with E-state index in [1.165, 1.54) is 0 Å². The molecule has 28 heavy (non-hydrogen) atoms. The van der Waals surface area contributed by atoms with Gasteiger partial charge in [-0.3, -0.25) is 29.6 Å². The van der Waals surface area contributed by atoms with E-state index in [0.29, 0.717) is 5.56 Å². The molecule has 0 saturated carbocycles. The van der Waals surface area contributed by atoms with Gasteiger partial charge in [0.15, 0.2) is 5.78 Å². The fraction of sp³-hybridized carbons (Fsp3) is 0.188. The predicted molar refractivity (Wildman–Crippen MR) is 98.0 cm³/mol. The highest BCUT2D eigenvalue weighted by atomic mass is 31.2. The van der Waals surface area contributed by atoms with Crippen molar-refractivity contribution in [3.63, 3.8) is 0 Å². The number of amides is 1. The maximum atomic E-state index is 12.9. The number of hydrogen-bond donors (Lipinski definition) is 1. The third-order valence-corrected chi connectivity index (χ3v) is 5.87. The molecule has 2 aromatic carbocycles. The summed E-state index contributed by atoms with van der Waals surface area (Å²) in [5.74, 6) is -2.16. The van der Waals surface area contributed by atoms with Crippen LogP contribution in [0.15, 0.2) is 48.5 Å². The molecule has 0 aromatic heterocycles. The third-order valence-electron chi connectivity index (χ3n) is 3.79. The van der Waals surface area contributed by atoms with Crippen molar-refractivity contribution in [3.05, 3.63) is 79.9 Å². The molecular formula is C16H16N3O8P. The first-order chi connectivity index (χ1) is 13.2. The number of nitro benzene ring substituents is 2. The van der Waals surface area contributed by atoms with Gasteiger partial charge in [-0.2, -0.15) is 0 Å². The Morgan fingerprint density at radius 3 is 1.93 bits per heavy atom. The highest BCUT2D eigenvalue weighted by Crippen LogP contribution is 2.58. The Balaban J connectivity index is 2.48. The number of carbonyl (C=O) groups is 1. The zero-order valence-corrected chi connectivity index (χ0v) is 15.7. The van der Waals surface area contributed by atoms with E-state index in [0.717, 1.165) is 32.4 Å². The van der Waals surface area contributed by atoms with E-state index in [1.807, 2.05) is 0 Å². The van der Waals surface area contributed by atoms with E-state index < -0.39 is 40.5 Å². The lowest BCUT2D eigenvalue weighted by molar-refractivity contribution is -0.394. The van der Waals surface area contributed by atoms with Crippen molar-refractivity contribution in [1.82, 2.24) is 5.32 Å². The highest BCUT2D eigenvalue weighted by molar-refractivity contribution is 7.54. The topological polar surface area (TPSA) is 151 Å². The summed E-state index contributed by atoms with van der Waals surface area (Å²) in [5, 5.41) is 24.5. The molecule has 0 aliphatic rings. The van der Waals surface area contributed by atoms with Crippen LogP contribution in [-0.2, 0) is 13.6 Å². The standard InChI is InChI=1S/C16H16N3O8P/c1-26-28(25,27-2)16(11-6-4-3-5-7-11)17-15(20)12-8-13(18(21)22)10-14(9-12)19(23)24/h3-10,16H,1-2H3,(H,17,20). The zero-order valence-electron chi connectivity index (χ0n) is 14.8. The van der Waals surface area contributed by atoms with Crippen molar-refractivity contribution in [1.29, 1.82) is 0 Å². The summed E-state index contributed by atoms with van der Waals surface area (Å²) < 4.78 is 22.8. The first-order valence-corrected chi connectivity index (χ1v) is 9.34. The largest absolute Gasteiger partial charge is 0.356 e. The van der Waals surface area contributed by atoms with Gasteiger partial charge in [-0.15, -0.1) is 0 Å². The average Bonchev–Trinajstić information content (AvgIpc) is 2.71. The lowest BCUT2D eigenvalue weighted by Crippen LogP contribution is -2.29. The second-order valence-corrected chi connectivity index (χ2v) is 7.77. The average molecular weight is 409 g/mol. The Morgan fingerprint density at radius 1 is 1.00 bits per heavy atom. The van der Waals surface area contributed by atoms with E-state index in [9.17, 15) is 29.6 Å². The van der Waals surface area contributed by atoms with Crippen molar-refractivity contribution >= 4 is 24.9 Å². The Labute approximate surface area is 159 Å². The van der Waals surface area contributed by atoms with Gasteiger partial charge >= 0.3 is 7.60 Å². The van der Waals surface area contributed by atoms with E-state index >= 15 is 0 Å². The van der Waals surface area contributed by atoms with Gasteiger partial charge in [0.25, 0.3) is 17.3 Å². The maximum absolute atomic E-state index is 12.9. The lowest BCUT2D eigenvalue weighted by atomic mass is 10.1. The quantitative estimate of drug-likeness (QED) is 0.396. The van der Waals surface area contributed by atoms with Gasteiger partial charge in [0.2, 0.25) is 0 Å². The molecule has 0 aliphatic carbocycles. The monoisotopic (exact) mass is 409 g/mol. The van der Waals surface area contributed by atoms with Crippen molar-refractivity contribution in [2.45, 2.75) is 5.78 Å². The van der Waals surface area contributed by atoms with Gasteiger partial charge in [-0.25, -0.2) is 0 Å². The second kappa shape index (κ2) is 8.70. The van der Waals surface area contributed by atoms with Crippen molar-refractivity contribution in [2.75, 3.05) is 14.2 Å². The Morgan fingerprint density at radius 2 is 1.50 bits per heavy atom. The fourth-order valence-corrected chi connectivity index (χ4v) is 3.79. The van der Waals surface area contributed by atoms with Crippen LogP contribution < -0.4 is 5.32 Å². The third kappa shape index (κ3) is 4.58. The molecule has 0 radical (unpaired) electrons. The zero-order chi connectivity index (χ0) is 20.9. The van der Waals surface area contributed by atoms with Gasteiger partial charge in [0.05, 0.1) is 21.5 Å². The summed E-state index contributed by atoms with van der Waals surface area (Å²) in [6, 6.07) is 10.6. The predicted octanol–water partition coefficient (Wildman–Crippen LogP) is 3.42. The van der Waals surface area contributed by atoms with Crippen LogP contribution in [0.2, 0.25) is 0 Å². The molecule has 0 aliphatic heterocycles. The van der Waals surface area contributed by atoms with Crippen molar-refractivity contribution in [3.8, 4) is 0 Å². The molecule has 2 aromatic rings. The first-order valence-electron chi connectivity index (χ1n) is 7.72. The van der Waals surface area contributed by atoms with Crippen LogP contribution in [-0.4, -0.2) is 30.0 Å². The molecule has 12 heteroatoms. The summed E-state index contributed by atoms with van der Waals surface area (Å²) in [6.07, 6.45) is 0. The molecule has 148 valence electrons. The lowest BCUT2D eigenvalue weighted by Gasteiger charge is -2.25. The molecule has 0 spiro atoms. The van der Waals surface area contributed by atoms with Crippen LogP contribution in [0.3, 0.4) is 0 Å². The number of rotatable bonds is 8. The van der Waals surface area contributed by atoms with E-state index in [4.69, 9.17) is 9.05 Å². The Kier molecular flexibility index (Phi) is 6.57. The summed E-state index contributed by atoms with van der Waals surface area (Å²) in [7, 11) is -1.56. The summed E-state index contributed by atoms with van der Waals surface area (Å²) in [6.45, 7) is 0. The van der Waals surface area contributed by atoms with Crippen LogP contribution in [0, 0.1) is 20.2 Å². The number of benzene rings is 2. The van der Waals surface area contributed by atoms with Crippen LogP contribution in [0.4, 0.5) is 11.4 Å². The molecule has 1 N–H and O–H groups in total. The molecule has 11 nitrogen and oxygen atoms in total. The minimum atomic E-state index is -3.85. The van der Waals surface area contributed by atoms with Gasteiger partial charge in [-0.05, 0) is 5.56 Å². The fourth-order valence-electron chi connectivity index (χ4n) is 2.41. The Hall–Kier alpha value is -3.14. The van der Waals surface area contributed by atoms with Crippen molar-refractivity contribution < 1.29 is 28.3 Å². The molecule has 0 heterocycles. The first kappa shape index (κ1) is 21.2. The molecule has 2 rings (SSSR count). The number of nitrogens with one attached hydrogen (secondary N) is 1. The van der Waals surface area contributed by atoms with Gasteiger partial charge in [0.1, 0.15) is 0 Å². The summed E-state index contributed by atoms with van der Waals surface area (Å²) in [5.41, 5.74) is -1.21. The van der Waals surface area contributed by atoms with E-state index in [2.05, 4.69) is 5.32 Å². The molecule has 1 amide bonds. The van der Waals surface area contributed by atoms with Crippen LogP contribution in [0.25, 0.3) is 0 Å². The smallest absolute Gasteiger partial charge is 0.334 e.